The van der Waals surface area contributed by atoms with E-state index < -0.39 is 5.97 Å². The van der Waals surface area contributed by atoms with Crippen LogP contribution in [0.4, 0.5) is 0 Å². The lowest BCUT2D eigenvalue weighted by atomic mass is 10.1. The van der Waals surface area contributed by atoms with E-state index in [4.69, 9.17) is 5.11 Å². The zero-order valence-corrected chi connectivity index (χ0v) is 12.0. The molecular formula is C16H20N2O2. The monoisotopic (exact) mass is 272 g/mol. The van der Waals surface area contributed by atoms with Gasteiger partial charge in [-0.2, -0.15) is 0 Å². The molecule has 1 fully saturated rings. The number of rotatable bonds is 5. The van der Waals surface area contributed by atoms with Crippen molar-refractivity contribution in [3.63, 3.8) is 0 Å². The smallest absolute Gasteiger partial charge is 0.335 e. The molecule has 0 bridgehead atoms. The van der Waals surface area contributed by atoms with Crippen LogP contribution in [-0.4, -0.2) is 20.6 Å². The standard InChI is InChI=1S/C16H20N2O2/c1-3-15-17-13-9-12(16(19)20)6-7-14(13)18(15)10(2)8-11-4-5-11/h6-7,9-11H,3-5,8H2,1-2H3,(H,19,20). The molecule has 0 amide bonds. The van der Waals surface area contributed by atoms with Crippen LogP contribution in [0.3, 0.4) is 0 Å². The fourth-order valence-electron chi connectivity index (χ4n) is 2.96. The molecule has 4 nitrogen and oxygen atoms in total. The van der Waals surface area contributed by atoms with Crippen molar-refractivity contribution in [2.24, 2.45) is 5.92 Å². The molecule has 4 heteroatoms. The van der Waals surface area contributed by atoms with Gasteiger partial charge in [0.25, 0.3) is 0 Å². The number of aryl methyl sites for hydroxylation is 1. The largest absolute Gasteiger partial charge is 0.478 e. The second-order valence-corrected chi connectivity index (χ2v) is 5.79. The lowest BCUT2D eigenvalue weighted by molar-refractivity contribution is 0.0697. The maximum absolute atomic E-state index is 11.1. The summed E-state index contributed by atoms with van der Waals surface area (Å²) in [6.45, 7) is 4.34. The zero-order valence-electron chi connectivity index (χ0n) is 12.0. The van der Waals surface area contributed by atoms with E-state index in [1.54, 1.807) is 12.1 Å². The summed E-state index contributed by atoms with van der Waals surface area (Å²) in [5.74, 6) is 1.02. The van der Waals surface area contributed by atoms with Crippen LogP contribution < -0.4 is 0 Å². The van der Waals surface area contributed by atoms with Gasteiger partial charge in [0.1, 0.15) is 5.82 Å². The summed E-state index contributed by atoms with van der Waals surface area (Å²) in [6.07, 6.45) is 4.76. The fraction of sp³-hybridized carbons (Fsp3) is 0.500. The lowest BCUT2D eigenvalue weighted by Crippen LogP contribution is -2.09. The van der Waals surface area contributed by atoms with Gasteiger partial charge in [0.15, 0.2) is 0 Å². The first-order chi connectivity index (χ1) is 9.60. The van der Waals surface area contributed by atoms with Crippen molar-refractivity contribution in [1.29, 1.82) is 0 Å². The zero-order chi connectivity index (χ0) is 14.3. The summed E-state index contributed by atoms with van der Waals surface area (Å²) >= 11 is 0. The molecule has 106 valence electrons. The highest BCUT2D eigenvalue weighted by Gasteiger charge is 2.26. The van der Waals surface area contributed by atoms with Crippen molar-refractivity contribution in [1.82, 2.24) is 9.55 Å². The minimum absolute atomic E-state index is 0.305. The Bertz CT molecular complexity index is 656. The number of aromatic carboxylic acids is 1. The molecule has 1 heterocycles. The Hall–Kier alpha value is -1.84. The molecule has 0 aliphatic heterocycles. The Morgan fingerprint density at radius 3 is 2.85 bits per heavy atom. The Morgan fingerprint density at radius 2 is 2.25 bits per heavy atom. The second kappa shape index (κ2) is 4.93. The van der Waals surface area contributed by atoms with Crippen molar-refractivity contribution < 1.29 is 9.90 Å². The van der Waals surface area contributed by atoms with E-state index in [0.717, 1.165) is 29.2 Å². The van der Waals surface area contributed by atoms with Gasteiger partial charge in [-0.1, -0.05) is 19.8 Å². The van der Waals surface area contributed by atoms with Crippen molar-refractivity contribution in [3.05, 3.63) is 29.6 Å². The van der Waals surface area contributed by atoms with Gasteiger partial charge in [-0.3, -0.25) is 0 Å². The van der Waals surface area contributed by atoms with Gasteiger partial charge in [-0.15, -0.1) is 0 Å². The van der Waals surface area contributed by atoms with Crippen molar-refractivity contribution in [2.45, 2.75) is 45.6 Å². The SMILES string of the molecule is CCc1nc2cc(C(=O)O)ccc2n1C(C)CC1CC1. The first-order valence-electron chi connectivity index (χ1n) is 7.34. The van der Waals surface area contributed by atoms with Gasteiger partial charge in [0, 0.05) is 12.5 Å². The van der Waals surface area contributed by atoms with Crippen LogP contribution in [0.1, 0.15) is 55.3 Å². The Balaban J connectivity index is 2.06. The summed E-state index contributed by atoms with van der Waals surface area (Å²) in [5, 5.41) is 9.08. The average Bonchev–Trinajstić information content (AvgIpc) is 3.15. The van der Waals surface area contributed by atoms with Crippen LogP contribution in [0.5, 0.6) is 0 Å². The van der Waals surface area contributed by atoms with Gasteiger partial charge < -0.3 is 9.67 Å². The van der Waals surface area contributed by atoms with Gasteiger partial charge in [-0.05, 0) is 37.5 Å². The normalized spacial score (nSPS) is 16.5. The number of carboxylic acid groups (broad SMARTS) is 1. The summed E-state index contributed by atoms with van der Waals surface area (Å²) in [7, 11) is 0. The van der Waals surface area contributed by atoms with E-state index in [0.29, 0.717) is 11.6 Å². The number of benzene rings is 1. The third-order valence-corrected chi connectivity index (χ3v) is 4.14. The van der Waals surface area contributed by atoms with Crippen molar-refractivity contribution in [3.8, 4) is 0 Å². The number of hydrogen-bond donors (Lipinski definition) is 1. The van der Waals surface area contributed by atoms with Crippen LogP contribution in [0.25, 0.3) is 11.0 Å². The van der Waals surface area contributed by atoms with E-state index in [-0.39, 0.29) is 0 Å². The predicted octanol–water partition coefficient (Wildman–Crippen LogP) is 3.66. The molecule has 20 heavy (non-hydrogen) atoms. The molecule has 1 N–H and O–H groups in total. The number of hydrogen-bond acceptors (Lipinski definition) is 2. The molecule has 0 spiro atoms. The van der Waals surface area contributed by atoms with Crippen LogP contribution in [0.2, 0.25) is 0 Å². The average molecular weight is 272 g/mol. The first-order valence-corrected chi connectivity index (χ1v) is 7.34. The molecular weight excluding hydrogens is 252 g/mol. The number of aromatic nitrogens is 2. The van der Waals surface area contributed by atoms with Gasteiger partial charge in [-0.25, -0.2) is 9.78 Å². The number of carbonyl (C=O) groups is 1. The van der Waals surface area contributed by atoms with E-state index in [9.17, 15) is 4.79 Å². The third-order valence-electron chi connectivity index (χ3n) is 4.14. The second-order valence-electron chi connectivity index (χ2n) is 5.79. The number of carboxylic acids is 1. The van der Waals surface area contributed by atoms with Crippen LogP contribution in [0, 0.1) is 5.92 Å². The first kappa shape index (κ1) is 13.2. The quantitative estimate of drug-likeness (QED) is 0.903. The predicted molar refractivity (Wildman–Crippen MR) is 78.1 cm³/mol. The molecule has 1 aliphatic rings. The molecule has 1 aliphatic carbocycles. The molecule has 3 rings (SSSR count). The molecule has 0 radical (unpaired) electrons. The van der Waals surface area contributed by atoms with Gasteiger partial charge in [0.05, 0.1) is 16.6 Å². The molecule has 1 atom stereocenters. The van der Waals surface area contributed by atoms with Crippen molar-refractivity contribution >= 4 is 17.0 Å². The number of nitrogens with zero attached hydrogens (tertiary/aromatic N) is 2. The highest BCUT2D eigenvalue weighted by Crippen LogP contribution is 2.38. The molecule has 1 unspecified atom stereocenters. The van der Waals surface area contributed by atoms with Gasteiger partial charge in [0.2, 0.25) is 0 Å². The van der Waals surface area contributed by atoms with Crippen LogP contribution in [0.15, 0.2) is 18.2 Å². The third kappa shape index (κ3) is 2.30. The Labute approximate surface area is 118 Å². The Morgan fingerprint density at radius 1 is 1.50 bits per heavy atom. The highest BCUT2D eigenvalue weighted by atomic mass is 16.4. The molecule has 2 aromatic rings. The van der Waals surface area contributed by atoms with Gasteiger partial charge >= 0.3 is 5.97 Å². The highest BCUT2D eigenvalue weighted by molar-refractivity contribution is 5.92. The Kier molecular flexibility index (Phi) is 3.24. The topological polar surface area (TPSA) is 55.1 Å². The van der Waals surface area contributed by atoms with E-state index in [1.807, 2.05) is 6.07 Å². The fourth-order valence-corrected chi connectivity index (χ4v) is 2.96. The van der Waals surface area contributed by atoms with E-state index in [1.165, 1.54) is 19.3 Å². The minimum Gasteiger partial charge on any atom is -0.478 e. The lowest BCUT2D eigenvalue weighted by Gasteiger charge is -2.17. The maximum Gasteiger partial charge on any atom is 0.335 e. The van der Waals surface area contributed by atoms with E-state index >= 15 is 0 Å². The van der Waals surface area contributed by atoms with Crippen LogP contribution >= 0.6 is 0 Å². The minimum atomic E-state index is -0.898. The molecule has 0 saturated heterocycles. The number of fused-ring (bicyclic) bond motifs is 1. The summed E-state index contributed by atoms with van der Waals surface area (Å²) in [4.78, 5) is 15.7. The molecule has 1 saturated carbocycles. The summed E-state index contributed by atoms with van der Waals surface area (Å²) in [6, 6.07) is 5.68. The molecule has 1 aromatic heterocycles. The van der Waals surface area contributed by atoms with Crippen molar-refractivity contribution in [2.75, 3.05) is 0 Å². The molecule has 1 aromatic carbocycles. The van der Waals surface area contributed by atoms with E-state index in [2.05, 4.69) is 23.4 Å². The number of imidazole rings is 1. The maximum atomic E-state index is 11.1. The summed E-state index contributed by atoms with van der Waals surface area (Å²) in [5.41, 5.74) is 2.16. The van der Waals surface area contributed by atoms with Crippen LogP contribution in [-0.2, 0) is 6.42 Å². The summed E-state index contributed by atoms with van der Waals surface area (Å²) < 4.78 is 2.29.